The fraction of sp³-hybridized carbons (Fsp3) is 0.500. The van der Waals surface area contributed by atoms with E-state index in [1.165, 1.54) is 0 Å². The lowest BCUT2D eigenvalue weighted by atomic mass is 10.2. The van der Waals surface area contributed by atoms with Gasteiger partial charge in [0.25, 0.3) is 0 Å². The van der Waals surface area contributed by atoms with E-state index >= 15 is 0 Å². The maximum Gasteiger partial charge on any atom is 0.196 e. The molecule has 1 heterocycles. The van der Waals surface area contributed by atoms with Crippen molar-refractivity contribution < 1.29 is 4.79 Å². The Morgan fingerprint density at radius 2 is 2.40 bits per heavy atom. The number of carbonyl (C=O) groups is 1. The molecule has 5 heteroatoms. The van der Waals surface area contributed by atoms with Gasteiger partial charge in [-0.05, 0) is 35.8 Å². The van der Waals surface area contributed by atoms with E-state index in [1.807, 2.05) is 0 Å². The molecule has 0 atom stereocenters. The van der Waals surface area contributed by atoms with Crippen molar-refractivity contribution >= 4 is 21.7 Å². The van der Waals surface area contributed by atoms with Gasteiger partial charge < -0.3 is 5.32 Å². The van der Waals surface area contributed by atoms with Crippen LogP contribution in [0.2, 0.25) is 0 Å². The number of halogens is 1. The molecule has 80 valence electrons. The average Bonchev–Trinajstić information content (AvgIpc) is 3.02. The molecule has 2 rings (SSSR count). The largest absolute Gasteiger partial charge is 0.313 e. The van der Waals surface area contributed by atoms with Crippen LogP contribution in [0.3, 0.4) is 0 Å². The van der Waals surface area contributed by atoms with E-state index in [0.717, 1.165) is 18.7 Å². The number of nitrogens with zero attached hydrogens (tertiary/aromatic N) is 2. The highest BCUT2D eigenvalue weighted by Crippen LogP contribution is 2.38. The number of likely N-dealkylation sites (N-methyl/N-ethyl adjacent to an activating group) is 1. The minimum Gasteiger partial charge on any atom is -0.313 e. The van der Waals surface area contributed by atoms with Gasteiger partial charge >= 0.3 is 0 Å². The Bertz CT molecular complexity index is 390. The first-order chi connectivity index (χ1) is 7.22. The van der Waals surface area contributed by atoms with E-state index in [0.29, 0.717) is 22.6 Å². The first-order valence-electron chi connectivity index (χ1n) is 4.92. The predicted molar refractivity (Wildman–Crippen MR) is 60.0 cm³/mol. The molecule has 1 saturated carbocycles. The topological polar surface area (TPSA) is 54.9 Å². The normalized spacial score (nSPS) is 15.3. The van der Waals surface area contributed by atoms with Gasteiger partial charge in [0.15, 0.2) is 5.78 Å². The molecule has 0 saturated heterocycles. The highest BCUT2D eigenvalue weighted by atomic mass is 79.9. The molecular formula is C10H12BrN3O. The van der Waals surface area contributed by atoms with Gasteiger partial charge in [-0.3, -0.25) is 4.79 Å². The summed E-state index contributed by atoms with van der Waals surface area (Å²) in [5.41, 5.74) is 0.487. The van der Waals surface area contributed by atoms with Crippen molar-refractivity contribution in [2.45, 2.75) is 18.8 Å². The molecule has 0 spiro atoms. The van der Waals surface area contributed by atoms with Crippen molar-refractivity contribution in [1.29, 1.82) is 0 Å². The Morgan fingerprint density at radius 3 is 3.00 bits per heavy atom. The summed E-state index contributed by atoms with van der Waals surface area (Å²) in [4.78, 5) is 20.2. The molecule has 0 unspecified atom stereocenters. The van der Waals surface area contributed by atoms with Gasteiger partial charge in [0.1, 0.15) is 11.5 Å². The van der Waals surface area contributed by atoms with E-state index in [1.54, 1.807) is 13.2 Å². The minimum absolute atomic E-state index is 0.00586. The van der Waals surface area contributed by atoms with Crippen molar-refractivity contribution in [1.82, 2.24) is 15.3 Å². The minimum atomic E-state index is -0.00586. The van der Waals surface area contributed by atoms with Crippen LogP contribution < -0.4 is 5.32 Å². The fourth-order valence-corrected chi connectivity index (χ4v) is 1.77. The van der Waals surface area contributed by atoms with Gasteiger partial charge in [-0.15, -0.1) is 0 Å². The predicted octanol–water partition coefficient (Wildman–Crippen LogP) is 1.52. The summed E-state index contributed by atoms with van der Waals surface area (Å²) >= 11 is 3.30. The smallest absolute Gasteiger partial charge is 0.196 e. The van der Waals surface area contributed by atoms with Crippen LogP contribution in [-0.4, -0.2) is 29.3 Å². The molecule has 1 aliphatic rings. The third-order valence-electron chi connectivity index (χ3n) is 2.31. The van der Waals surface area contributed by atoms with E-state index < -0.39 is 0 Å². The lowest BCUT2D eigenvalue weighted by Gasteiger charge is -2.04. The Hall–Kier alpha value is -0.810. The number of carbonyl (C=O) groups excluding carboxylic acids is 1. The molecule has 1 aromatic rings. The first-order valence-corrected chi connectivity index (χ1v) is 5.72. The van der Waals surface area contributed by atoms with Crippen LogP contribution in [0.5, 0.6) is 0 Å². The highest BCUT2D eigenvalue weighted by molar-refractivity contribution is 9.10. The van der Waals surface area contributed by atoms with Crippen molar-refractivity contribution in [3.05, 3.63) is 22.2 Å². The van der Waals surface area contributed by atoms with Crippen LogP contribution in [-0.2, 0) is 0 Å². The summed E-state index contributed by atoms with van der Waals surface area (Å²) in [7, 11) is 1.74. The van der Waals surface area contributed by atoms with Gasteiger partial charge in [0, 0.05) is 12.1 Å². The lowest BCUT2D eigenvalue weighted by molar-refractivity contribution is 0.0987. The molecule has 15 heavy (non-hydrogen) atoms. The van der Waals surface area contributed by atoms with Crippen LogP contribution in [0.15, 0.2) is 10.7 Å². The highest BCUT2D eigenvalue weighted by Gasteiger charge is 2.27. The number of hydrogen-bond donors (Lipinski definition) is 1. The number of rotatable bonds is 4. The molecule has 0 radical (unpaired) electrons. The molecular weight excluding hydrogens is 258 g/mol. The van der Waals surface area contributed by atoms with E-state index in [4.69, 9.17) is 0 Å². The molecule has 0 aliphatic heterocycles. The van der Waals surface area contributed by atoms with Crippen LogP contribution in [0.4, 0.5) is 0 Å². The summed E-state index contributed by atoms with van der Waals surface area (Å²) in [5.74, 6) is 1.27. The van der Waals surface area contributed by atoms with E-state index in [9.17, 15) is 4.79 Å². The summed E-state index contributed by atoms with van der Waals surface area (Å²) in [5, 5.41) is 2.83. The molecule has 4 nitrogen and oxygen atoms in total. The summed E-state index contributed by atoms with van der Waals surface area (Å²) < 4.78 is 0.673. The monoisotopic (exact) mass is 269 g/mol. The van der Waals surface area contributed by atoms with Gasteiger partial charge in [0.05, 0.1) is 11.0 Å². The zero-order valence-electron chi connectivity index (χ0n) is 8.46. The second-order valence-corrected chi connectivity index (χ2v) is 4.51. The number of aromatic nitrogens is 2. The summed E-state index contributed by atoms with van der Waals surface area (Å²) in [6.07, 6.45) is 3.95. The number of hydrogen-bond acceptors (Lipinski definition) is 4. The Morgan fingerprint density at radius 1 is 1.67 bits per heavy atom. The van der Waals surface area contributed by atoms with Crippen LogP contribution in [0.1, 0.15) is 35.1 Å². The second-order valence-electron chi connectivity index (χ2n) is 3.65. The maximum absolute atomic E-state index is 11.7. The third kappa shape index (κ3) is 2.41. The van der Waals surface area contributed by atoms with Crippen LogP contribution in [0.25, 0.3) is 0 Å². The quantitative estimate of drug-likeness (QED) is 0.843. The SMILES string of the molecule is CNCC(=O)c1nc(C2CC2)ncc1Br. The summed E-state index contributed by atoms with van der Waals surface area (Å²) in [6.45, 7) is 0.305. The van der Waals surface area contributed by atoms with Crippen molar-refractivity contribution in [2.75, 3.05) is 13.6 Å². The lowest BCUT2D eigenvalue weighted by Crippen LogP contribution is -2.20. The number of ketones is 1. The molecule has 1 aliphatic carbocycles. The Labute approximate surface area is 96.6 Å². The fourth-order valence-electron chi connectivity index (χ4n) is 1.36. The zero-order chi connectivity index (χ0) is 10.8. The van der Waals surface area contributed by atoms with Crippen molar-refractivity contribution in [2.24, 2.45) is 0 Å². The summed E-state index contributed by atoms with van der Waals surface area (Å²) in [6, 6.07) is 0. The molecule has 0 amide bonds. The number of Topliss-reactive ketones (excluding diaryl/α,β-unsaturated/α-hetero) is 1. The maximum atomic E-state index is 11.7. The van der Waals surface area contributed by atoms with E-state index in [2.05, 4.69) is 31.2 Å². The van der Waals surface area contributed by atoms with Gasteiger partial charge in [-0.25, -0.2) is 9.97 Å². The standard InChI is InChI=1S/C10H12BrN3O/c1-12-5-8(15)9-7(11)4-13-10(14-9)6-2-3-6/h4,6,12H,2-3,5H2,1H3. The van der Waals surface area contributed by atoms with Crippen LogP contribution in [0, 0.1) is 0 Å². The zero-order valence-corrected chi connectivity index (χ0v) is 10.0. The Kier molecular flexibility index (Phi) is 3.11. The second kappa shape index (κ2) is 4.37. The van der Waals surface area contributed by atoms with Gasteiger partial charge in [0.2, 0.25) is 0 Å². The molecule has 0 aromatic carbocycles. The van der Waals surface area contributed by atoms with Gasteiger partial charge in [-0.2, -0.15) is 0 Å². The van der Waals surface area contributed by atoms with Crippen LogP contribution >= 0.6 is 15.9 Å². The Balaban J connectivity index is 2.27. The van der Waals surface area contributed by atoms with Gasteiger partial charge in [-0.1, -0.05) is 0 Å². The third-order valence-corrected chi connectivity index (χ3v) is 2.89. The molecule has 0 bridgehead atoms. The molecule has 1 N–H and O–H groups in total. The van der Waals surface area contributed by atoms with Crippen molar-refractivity contribution in [3.63, 3.8) is 0 Å². The first kappa shape index (κ1) is 10.7. The number of nitrogens with one attached hydrogen (secondary N) is 1. The van der Waals surface area contributed by atoms with E-state index in [-0.39, 0.29) is 5.78 Å². The molecule has 1 fully saturated rings. The average molecular weight is 270 g/mol. The molecule has 1 aromatic heterocycles. The van der Waals surface area contributed by atoms with Crippen molar-refractivity contribution in [3.8, 4) is 0 Å².